The predicted octanol–water partition coefficient (Wildman–Crippen LogP) is 3.36. The van der Waals surface area contributed by atoms with Crippen LogP contribution in [0.4, 0.5) is 0 Å². The molecule has 6 rings (SSSR count). The molecule has 4 bridgehead atoms. The van der Waals surface area contributed by atoms with Crippen molar-refractivity contribution in [3.8, 4) is 11.5 Å². The second-order valence-electron chi connectivity index (χ2n) is 9.00. The van der Waals surface area contributed by atoms with Crippen molar-refractivity contribution in [2.45, 2.75) is 43.9 Å². The number of hydrazone groups is 1. The first-order valence-electron chi connectivity index (χ1n) is 10.3. The number of aromatic hydroxyl groups is 1. The van der Waals surface area contributed by atoms with Crippen molar-refractivity contribution in [1.82, 2.24) is 15.6 Å². The topological polar surface area (TPSA) is 99.6 Å². The first kappa shape index (κ1) is 18.2. The summed E-state index contributed by atoms with van der Waals surface area (Å²) in [5.41, 5.74) is 4.91. The summed E-state index contributed by atoms with van der Waals surface area (Å²) in [5.74, 6) is 2.60. The van der Waals surface area contributed by atoms with Crippen LogP contribution < -0.4 is 10.2 Å². The van der Waals surface area contributed by atoms with Gasteiger partial charge in [-0.05, 0) is 86.1 Å². The predicted molar refractivity (Wildman–Crippen MR) is 108 cm³/mol. The van der Waals surface area contributed by atoms with E-state index in [1.807, 2.05) is 6.07 Å². The fraction of sp³-hybridized carbons (Fsp3) is 0.500. The first-order valence-corrected chi connectivity index (χ1v) is 10.3. The minimum Gasteiger partial charge on any atom is -0.504 e. The molecule has 0 aliphatic heterocycles. The van der Waals surface area contributed by atoms with E-state index in [0.29, 0.717) is 17.0 Å². The summed E-state index contributed by atoms with van der Waals surface area (Å²) >= 11 is 0. The van der Waals surface area contributed by atoms with E-state index in [1.54, 1.807) is 12.1 Å². The number of carbonyl (C=O) groups is 1. The van der Waals surface area contributed by atoms with Gasteiger partial charge in [0.1, 0.15) is 0 Å². The zero-order valence-electron chi connectivity index (χ0n) is 16.5. The van der Waals surface area contributed by atoms with Gasteiger partial charge in [-0.3, -0.25) is 9.89 Å². The van der Waals surface area contributed by atoms with Crippen molar-refractivity contribution in [2.75, 3.05) is 7.11 Å². The maximum Gasteiger partial charge on any atom is 0.291 e. The number of amides is 1. The average molecular weight is 394 g/mol. The van der Waals surface area contributed by atoms with Crippen LogP contribution in [0.15, 0.2) is 29.4 Å². The van der Waals surface area contributed by atoms with Crippen molar-refractivity contribution >= 4 is 12.1 Å². The van der Waals surface area contributed by atoms with E-state index in [0.717, 1.165) is 23.4 Å². The highest BCUT2D eigenvalue weighted by Gasteiger charge is 2.52. The quantitative estimate of drug-likeness (QED) is 0.535. The number of hydrogen-bond acceptors (Lipinski definition) is 5. The second kappa shape index (κ2) is 6.90. The number of nitrogens with one attached hydrogen (secondary N) is 2. The van der Waals surface area contributed by atoms with E-state index in [1.165, 1.54) is 57.9 Å². The van der Waals surface area contributed by atoms with Crippen molar-refractivity contribution in [2.24, 2.45) is 22.9 Å². The summed E-state index contributed by atoms with van der Waals surface area (Å²) in [7, 11) is 1.48. The molecule has 152 valence electrons. The molecule has 29 heavy (non-hydrogen) atoms. The molecule has 1 heterocycles. The van der Waals surface area contributed by atoms with Gasteiger partial charge in [-0.25, -0.2) is 5.43 Å². The Balaban J connectivity index is 1.27. The number of phenols is 1. The molecule has 0 unspecified atom stereocenters. The van der Waals surface area contributed by atoms with Gasteiger partial charge in [-0.2, -0.15) is 10.2 Å². The van der Waals surface area contributed by atoms with Crippen molar-refractivity contribution in [3.05, 3.63) is 41.2 Å². The minimum absolute atomic E-state index is 0.0578. The summed E-state index contributed by atoms with van der Waals surface area (Å²) in [6.45, 7) is 0. The Morgan fingerprint density at radius 2 is 1.93 bits per heavy atom. The van der Waals surface area contributed by atoms with E-state index in [2.05, 4.69) is 20.7 Å². The highest BCUT2D eigenvalue weighted by Crippen LogP contribution is 2.60. The Kier molecular flexibility index (Phi) is 4.33. The summed E-state index contributed by atoms with van der Waals surface area (Å²) in [6.07, 6.45) is 9.34. The Morgan fingerprint density at radius 3 is 2.59 bits per heavy atom. The molecule has 1 aromatic carbocycles. The van der Waals surface area contributed by atoms with Gasteiger partial charge < -0.3 is 9.84 Å². The fourth-order valence-electron chi connectivity index (χ4n) is 6.15. The van der Waals surface area contributed by atoms with Gasteiger partial charge in [0.2, 0.25) is 0 Å². The van der Waals surface area contributed by atoms with Crippen LogP contribution in [-0.4, -0.2) is 34.5 Å². The minimum atomic E-state index is -0.334. The lowest BCUT2D eigenvalue weighted by molar-refractivity contribution is -0.00721. The normalized spacial score (nSPS) is 30.0. The lowest BCUT2D eigenvalue weighted by Crippen LogP contribution is -2.48. The van der Waals surface area contributed by atoms with Crippen LogP contribution in [0.3, 0.4) is 0 Å². The van der Waals surface area contributed by atoms with E-state index in [-0.39, 0.29) is 17.1 Å². The standard InChI is InChI=1S/C22H26N4O3/c1-29-19-7-13(2-3-18(19)27)12-23-26-21(28)17-8-20(25-24-17)22-9-14-4-15(10-22)6-16(5-14)11-22/h2-3,7-8,12,14-16,27H,4-6,9-11H2,1H3,(H,24,25)(H,26,28)/b23-12+. The lowest BCUT2D eigenvalue weighted by Gasteiger charge is -2.56. The molecule has 4 aliphatic rings. The molecule has 7 heteroatoms. The molecule has 0 radical (unpaired) electrons. The number of phenolic OH excluding ortho intramolecular Hbond substituents is 1. The van der Waals surface area contributed by atoms with Gasteiger partial charge >= 0.3 is 0 Å². The van der Waals surface area contributed by atoms with Crippen LogP contribution in [-0.2, 0) is 5.41 Å². The van der Waals surface area contributed by atoms with Crippen molar-refractivity contribution in [1.29, 1.82) is 0 Å². The number of H-pyrrole nitrogens is 1. The largest absolute Gasteiger partial charge is 0.504 e. The lowest BCUT2D eigenvalue weighted by atomic mass is 9.49. The second-order valence-corrected chi connectivity index (χ2v) is 9.00. The summed E-state index contributed by atoms with van der Waals surface area (Å²) < 4.78 is 5.07. The molecule has 7 nitrogen and oxygen atoms in total. The maximum atomic E-state index is 12.5. The Labute approximate surface area is 169 Å². The summed E-state index contributed by atoms with van der Waals surface area (Å²) in [4.78, 5) is 12.5. The van der Waals surface area contributed by atoms with Gasteiger partial charge in [0.25, 0.3) is 5.91 Å². The van der Waals surface area contributed by atoms with Crippen LogP contribution in [0, 0.1) is 17.8 Å². The first-order chi connectivity index (χ1) is 14.0. The highest BCUT2D eigenvalue weighted by molar-refractivity contribution is 5.93. The Morgan fingerprint density at radius 1 is 1.24 bits per heavy atom. The average Bonchev–Trinajstić information content (AvgIpc) is 3.19. The molecule has 4 saturated carbocycles. The van der Waals surface area contributed by atoms with E-state index in [9.17, 15) is 9.90 Å². The number of ether oxygens (including phenoxy) is 1. The molecule has 0 saturated heterocycles. The van der Waals surface area contributed by atoms with Gasteiger partial charge in [-0.15, -0.1) is 0 Å². The molecule has 4 aliphatic carbocycles. The third-order valence-electron chi connectivity index (χ3n) is 7.00. The number of rotatable bonds is 5. The van der Waals surface area contributed by atoms with Crippen LogP contribution in [0.5, 0.6) is 11.5 Å². The molecular formula is C22H26N4O3. The van der Waals surface area contributed by atoms with Crippen LogP contribution in [0.25, 0.3) is 0 Å². The van der Waals surface area contributed by atoms with E-state index >= 15 is 0 Å². The number of carbonyl (C=O) groups excluding carboxylic acids is 1. The number of hydrogen-bond donors (Lipinski definition) is 3. The molecule has 2 aromatic rings. The van der Waals surface area contributed by atoms with E-state index in [4.69, 9.17) is 4.74 Å². The summed E-state index contributed by atoms with van der Waals surface area (Å²) in [6, 6.07) is 6.77. The van der Waals surface area contributed by atoms with Crippen LogP contribution >= 0.6 is 0 Å². The number of aromatic amines is 1. The van der Waals surface area contributed by atoms with Gasteiger partial charge in [-0.1, -0.05) is 0 Å². The van der Waals surface area contributed by atoms with Crippen LogP contribution in [0.2, 0.25) is 0 Å². The maximum absolute atomic E-state index is 12.5. The summed E-state index contributed by atoms with van der Waals surface area (Å²) in [5, 5.41) is 21.1. The monoisotopic (exact) mass is 394 g/mol. The SMILES string of the molecule is COc1cc(/C=N/NC(=O)c2cc(C34CC5CC(CC(C5)C3)C4)[nH]n2)ccc1O. The smallest absolute Gasteiger partial charge is 0.291 e. The highest BCUT2D eigenvalue weighted by atomic mass is 16.5. The molecule has 1 aromatic heterocycles. The third-order valence-corrected chi connectivity index (χ3v) is 7.00. The number of benzene rings is 1. The third kappa shape index (κ3) is 3.28. The van der Waals surface area contributed by atoms with Crippen molar-refractivity contribution in [3.63, 3.8) is 0 Å². The zero-order valence-corrected chi connectivity index (χ0v) is 16.5. The van der Waals surface area contributed by atoms with Crippen molar-refractivity contribution < 1.29 is 14.6 Å². The molecule has 0 spiro atoms. The molecule has 4 fully saturated rings. The van der Waals surface area contributed by atoms with Crippen LogP contribution in [0.1, 0.15) is 60.3 Å². The fourth-order valence-corrected chi connectivity index (χ4v) is 6.15. The Hall–Kier alpha value is -2.83. The Bertz CT molecular complexity index is 929. The molecule has 0 atom stereocenters. The zero-order chi connectivity index (χ0) is 20.0. The number of aromatic nitrogens is 2. The van der Waals surface area contributed by atoms with Gasteiger partial charge in [0.05, 0.1) is 13.3 Å². The molecular weight excluding hydrogens is 368 g/mol. The van der Waals surface area contributed by atoms with Gasteiger partial charge in [0.15, 0.2) is 17.2 Å². The molecule has 1 amide bonds. The van der Waals surface area contributed by atoms with Gasteiger partial charge in [0, 0.05) is 11.1 Å². The number of nitrogens with zero attached hydrogens (tertiary/aromatic N) is 2. The van der Waals surface area contributed by atoms with E-state index < -0.39 is 0 Å². The number of methoxy groups -OCH3 is 1. The molecule has 3 N–H and O–H groups in total.